The maximum absolute atomic E-state index is 13.1. The zero-order valence-corrected chi connectivity index (χ0v) is 18.7. The van der Waals surface area contributed by atoms with Crippen LogP contribution in [0.4, 0.5) is 0 Å². The molecule has 1 unspecified atom stereocenters. The highest BCUT2D eigenvalue weighted by Crippen LogP contribution is 2.78. The summed E-state index contributed by atoms with van der Waals surface area (Å²) in [6, 6.07) is 0. The Hall–Kier alpha value is -1.48. The molecule has 2 aliphatic heterocycles. The van der Waals surface area contributed by atoms with Gasteiger partial charge in [-0.2, -0.15) is 0 Å². The SMILES string of the molecule is COC(=O)[C@H]1[C@H]2[C@@H]3CC[C@@]4(CC(O)C(=O)O4)[C@@]3(C)C[C@H]3O[C@@]23[C@@]2(C)CC[C@@H](O)C=C2[C@@H]1O. The molecule has 6 rings (SSSR count). The molecule has 8 nitrogen and oxygen atoms in total. The number of aliphatic hydroxyl groups excluding tert-OH is 3. The minimum atomic E-state index is -1.13. The van der Waals surface area contributed by atoms with Gasteiger partial charge in [0.05, 0.1) is 31.3 Å². The van der Waals surface area contributed by atoms with E-state index in [4.69, 9.17) is 14.2 Å². The van der Waals surface area contributed by atoms with E-state index in [0.717, 1.165) is 6.42 Å². The Kier molecular flexibility index (Phi) is 4.05. The number of methoxy groups -OCH3 is 1. The summed E-state index contributed by atoms with van der Waals surface area (Å²) in [5.74, 6) is -2.22. The summed E-state index contributed by atoms with van der Waals surface area (Å²) in [5, 5.41) is 32.0. The zero-order chi connectivity index (χ0) is 22.8. The van der Waals surface area contributed by atoms with Gasteiger partial charge in [0, 0.05) is 23.2 Å². The molecule has 8 heteroatoms. The second-order valence-corrected chi connectivity index (χ2v) is 11.4. The van der Waals surface area contributed by atoms with E-state index < -0.39 is 58.2 Å². The highest BCUT2D eigenvalue weighted by molar-refractivity contribution is 5.78. The second-order valence-electron chi connectivity index (χ2n) is 11.4. The molecule has 3 N–H and O–H groups in total. The second kappa shape index (κ2) is 6.14. The predicted molar refractivity (Wildman–Crippen MR) is 109 cm³/mol. The van der Waals surface area contributed by atoms with Crippen molar-refractivity contribution in [2.45, 2.75) is 88.0 Å². The summed E-state index contributed by atoms with van der Waals surface area (Å²) in [4.78, 5) is 25.3. The van der Waals surface area contributed by atoms with Crippen LogP contribution in [0.3, 0.4) is 0 Å². The van der Waals surface area contributed by atoms with E-state index in [1.54, 1.807) is 6.08 Å². The number of aliphatic hydroxyl groups is 3. The third kappa shape index (κ3) is 2.14. The lowest BCUT2D eigenvalue weighted by Crippen LogP contribution is -2.66. The molecule has 176 valence electrons. The molecule has 0 radical (unpaired) electrons. The summed E-state index contributed by atoms with van der Waals surface area (Å²) in [6.07, 6.45) is 2.23. The number of fused-ring (bicyclic) bond motifs is 4. The van der Waals surface area contributed by atoms with Gasteiger partial charge in [0.1, 0.15) is 11.2 Å². The molecule has 0 aromatic carbocycles. The van der Waals surface area contributed by atoms with Crippen molar-refractivity contribution < 1.29 is 39.1 Å². The fraction of sp³-hybridized carbons (Fsp3) is 0.833. The number of carbonyl (C=O) groups excluding carboxylic acids is 2. The van der Waals surface area contributed by atoms with E-state index in [0.29, 0.717) is 31.3 Å². The van der Waals surface area contributed by atoms with E-state index in [1.807, 2.05) is 0 Å². The van der Waals surface area contributed by atoms with Gasteiger partial charge in [0.2, 0.25) is 0 Å². The molecule has 0 aromatic rings. The van der Waals surface area contributed by atoms with E-state index >= 15 is 0 Å². The summed E-state index contributed by atoms with van der Waals surface area (Å²) in [7, 11) is 1.33. The van der Waals surface area contributed by atoms with Crippen LogP contribution in [-0.2, 0) is 23.8 Å². The Balaban J connectivity index is 1.50. The monoisotopic (exact) mass is 448 g/mol. The Morgan fingerprint density at radius 2 is 1.91 bits per heavy atom. The van der Waals surface area contributed by atoms with Crippen LogP contribution >= 0.6 is 0 Å². The molecule has 0 amide bonds. The first kappa shape index (κ1) is 21.1. The molecular formula is C24H32O8. The summed E-state index contributed by atoms with van der Waals surface area (Å²) in [6.45, 7) is 4.20. The number of esters is 2. The van der Waals surface area contributed by atoms with Gasteiger partial charge < -0.3 is 29.5 Å². The van der Waals surface area contributed by atoms with Gasteiger partial charge in [-0.1, -0.05) is 19.9 Å². The fourth-order valence-corrected chi connectivity index (χ4v) is 8.89. The highest BCUT2D eigenvalue weighted by atomic mass is 16.6. The molecule has 0 bridgehead atoms. The van der Waals surface area contributed by atoms with Gasteiger partial charge in [0.25, 0.3) is 0 Å². The van der Waals surface area contributed by atoms with Gasteiger partial charge in [-0.25, -0.2) is 4.79 Å². The predicted octanol–water partition coefficient (Wildman–Crippen LogP) is 0.858. The average Bonchev–Trinajstić information content (AvgIpc) is 3.31. The van der Waals surface area contributed by atoms with Crippen LogP contribution in [0.1, 0.15) is 52.4 Å². The number of rotatable bonds is 1. The van der Waals surface area contributed by atoms with E-state index in [1.165, 1.54) is 7.11 Å². The lowest BCUT2D eigenvalue weighted by molar-refractivity contribution is -0.180. The first-order valence-corrected chi connectivity index (χ1v) is 11.8. The van der Waals surface area contributed by atoms with Crippen LogP contribution in [0.5, 0.6) is 0 Å². The van der Waals surface area contributed by atoms with Crippen molar-refractivity contribution in [2.24, 2.45) is 28.6 Å². The number of epoxide rings is 1. The van der Waals surface area contributed by atoms with Crippen LogP contribution in [0.2, 0.25) is 0 Å². The number of carbonyl (C=O) groups is 2. The summed E-state index contributed by atoms with van der Waals surface area (Å²) in [5.41, 5.74) is -1.68. The van der Waals surface area contributed by atoms with E-state index in [-0.39, 0.29) is 24.4 Å². The molecule has 3 saturated carbocycles. The minimum absolute atomic E-state index is 0.0386. The van der Waals surface area contributed by atoms with Crippen LogP contribution in [0.25, 0.3) is 0 Å². The topological polar surface area (TPSA) is 126 Å². The smallest absolute Gasteiger partial charge is 0.335 e. The molecule has 5 fully saturated rings. The maximum atomic E-state index is 13.1. The molecule has 6 aliphatic rings. The molecule has 2 saturated heterocycles. The van der Waals surface area contributed by atoms with Crippen molar-refractivity contribution >= 4 is 11.9 Å². The van der Waals surface area contributed by atoms with Crippen molar-refractivity contribution in [2.75, 3.05) is 7.11 Å². The lowest BCUT2D eigenvalue weighted by atomic mass is 9.43. The summed E-state index contributed by atoms with van der Waals surface area (Å²) < 4.78 is 17.6. The molecule has 2 heterocycles. The minimum Gasteiger partial charge on any atom is -0.469 e. The van der Waals surface area contributed by atoms with Crippen LogP contribution in [0, 0.1) is 28.6 Å². The van der Waals surface area contributed by atoms with Crippen molar-refractivity contribution in [3.63, 3.8) is 0 Å². The number of ether oxygens (including phenoxy) is 3. The van der Waals surface area contributed by atoms with Gasteiger partial charge in [-0.05, 0) is 43.6 Å². The lowest BCUT2D eigenvalue weighted by Gasteiger charge is -2.60. The third-order valence-corrected chi connectivity index (χ3v) is 10.4. The van der Waals surface area contributed by atoms with Crippen LogP contribution in [-0.4, -0.2) is 70.0 Å². The molecule has 11 atom stereocenters. The van der Waals surface area contributed by atoms with Gasteiger partial charge >= 0.3 is 11.9 Å². The standard InChI is InChI=1S/C24H32O8/c1-21-6-4-11(25)8-13(21)18(27)16(20(29)30-3)17-12-5-7-23(9-14(26)19(28)32-23)22(12,2)10-15-24(17,21)31-15/h8,11-12,14-18,25-27H,4-7,9-10H2,1-3H3/t11-,12+,14?,15-,16+,17-,18+,21+,22+,23-,24-/m1/s1. The van der Waals surface area contributed by atoms with E-state index in [9.17, 15) is 24.9 Å². The number of hydrogen-bond acceptors (Lipinski definition) is 8. The largest absolute Gasteiger partial charge is 0.469 e. The number of hydrogen-bond donors (Lipinski definition) is 3. The van der Waals surface area contributed by atoms with Gasteiger partial charge in [-0.15, -0.1) is 0 Å². The van der Waals surface area contributed by atoms with Crippen LogP contribution in [0.15, 0.2) is 11.6 Å². The first-order chi connectivity index (χ1) is 15.0. The molecular weight excluding hydrogens is 416 g/mol. The third-order valence-electron chi connectivity index (χ3n) is 10.4. The first-order valence-electron chi connectivity index (χ1n) is 11.8. The van der Waals surface area contributed by atoms with Crippen molar-refractivity contribution in [1.82, 2.24) is 0 Å². The van der Waals surface area contributed by atoms with E-state index in [2.05, 4.69) is 13.8 Å². The van der Waals surface area contributed by atoms with Gasteiger partial charge in [-0.3, -0.25) is 4.79 Å². The zero-order valence-electron chi connectivity index (χ0n) is 18.7. The highest BCUT2D eigenvalue weighted by Gasteiger charge is 2.84. The van der Waals surface area contributed by atoms with Crippen molar-refractivity contribution in [1.29, 1.82) is 0 Å². The molecule has 4 aliphatic carbocycles. The maximum Gasteiger partial charge on any atom is 0.335 e. The molecule has 0 aromatic heterocycles. The Morgan fingerprint density at radius 1 is 1.16 bits per heavy atom. The Labute approximate surface area is 186 Å². The van der Waals surface area contributed by atoms with Gasteiger partial charge in [0.15, 0.2) is 6.10 Å². The van der Waals surface area contributed by atoms with Crippen LogP contribution < -0.4 is 0 Å². The molecule has 2 spiro atoms. The Bertz CT molecular complexity index is 931. The fourth-order valence-electron chi connectivity index (χ4n) is 8.89. The quantitative estimate of drug-likeness (QED) is 0.306. The summed E-state index contributed by atoms with van der Waals surface area (Å²) >= 11 is 0. The van der Waals surface area contributed by atoms with Crippen molar-refractivity contribution in [3.05, 3.63) is 11.6 Å². The Morgan fingerprint density at radius 3 is 2.56 bits per heavy atom. The average molecular weight is 449 g/mol. The van der Waals surface area contributed by atoms with Crippen molar-refractivity contribution in [3.8, 4) is 0 Å². The molecule has 32 heavy (non-hydrogen) atoms. The normalized spacial score (nSPS) is 57.6.